The summed E-state index contributed by atoms with van der Waals surface area (Å²) >= 11 is 3.51. The highest BCUT2D eigenvalue weighted by molar-refractivity contribution is 9.10. The molecule has 1 aromatic rings. The Bertz CT molecular complexity index is 367. The molecule has 1 saturated heterocycles. The van der Waals surface area contributed by atoms with E-state index in [0.717, 1.165) is 24.1 Å². The molecule has 0 aliphatic carbocycles. The summed E-state index contributed by atoms with van der Waals surface area (Å²) in [5.74, 6) is 0. The van der Waals surface area contributed by atoms with Crippen molar-refractivity contribution >= 4 is 15.9 Å². The number of likely N-dealkylation sites (tertiary alicyclic amines) is 1. The summed E-state index contributed by atoms with van der Waals surface area (Å²) in [6, 6.07) is 8.54. The molecule has 0 bridgehead atoms. The summed E-state index contributed by atoms with van der Waals surface area (Å²) in [4.78, 5) is 2.49. The van der Waals surface area contributed by atoms with Gasteiger partial charge in [0.05, 0.1) is 0 Å². The van der Waals surface area contributed by atoms with Crippen molar-refractivity contribution in [2.45, 2.75) is 19.9 Å². The van der Waals surface area contributed by atoms with Gasteiger partial charge in [-0.05, 0) is 42.6 Å². The van der Waals surface area contributed by atoms with E-state index >= 15 is 0 Å². The summed E-state index contributed by atoms with van der Waals surface area (Å²) < 4.78 is 1.16. The first-order valence-corrected chi connectivity index (χ1v) is 6.57. The summed E-state index contributed by atoms with van der Waals surface area (Å²) in [7, 11) is 0. The second kappa shape index (κ2) is 4.86. The molecule has 2 nitrogen and oxygen atoms in total. The van der Waals surface area contributed by atoms with Crippen LogP contribution in [0.5, 0.6) is 0 Å². The van der Waals surface area contributed by atoms with Crippen LogP contribution in [0.25, 0.3) is 0 Å². The van der Waals surface area contributed by atoms with Gasteiger partial charge in [-0.1, -0.05) is 35.0 Å². The molecule has 0 amide bonds. The Morgan fingerprint density at radius 3 is 2.94 bits per heavy atom. The predicted molar refractivity (Wildman–Crippen MR) is 71.2 cm³/mol. The van der Waals surface area contributed by atoms with Crippen LogP contribution in [0.15, 0.2) is 28.7 Å². The minimum atomic E-state index is 0.325. The van der Waals surface area contributed by atoms with Crippen molar-refractivity contribution in [3.63, 3.8) is 0 Å². The van der Waals surface area contributed by atoms with E-state index in [0.29, 0.717) is 5.41 Å². The van der Waals surface area contributed by atoms with Crippen LogP contribution in [-0.4, -0.2) is 24.5 Å². The SMILES string of the molecule is CC1(CN)CCN(Cc2cccc(Br)c2)C1. The number of nitrogens with zero attached hydrogens (tertiary/aromatic N) is 1. The smallest absolute Gasteiger partial charge is 0.0234 e. The van der Waals surface area contributed by atoms with Crippen LogP contribution >= 0.6 is 15.9 Å². The van der Waals surface area contributed by atoms with Gasteiger partial charge >= 0.3 is 0 Å². The molecular formula is C13H19BrN2. The minimum absolute atomic E-state index is 0.325. The Morgan fingerprint density at radius 2 is 2.31 bits per heavy atom. The number of rotatable bonds is 3. The normalized spacial score (nSPS) is 26.2. The molecule has 1 aliphatic rings. The Hall–Kier alpha value is -0.380. The lowest BCUT2D eigenvalue weighted by atomic mass is 9.90. The van der Waals surface area contributed by atoms with E-state index in [9.17, 15) is 0 Å². The summed E-state index contributed by atoms with van der Waals surface area (Å²) in [5, 5.41) is 0. The van der Waals surface area contributed by atoms with Gasteiger partial charge < -0.3 is 5.73 Å². The van der Waals surface area contributed by atoms with Gasteiger partial charge in [0, 0.05) is 17.6 Å². The van der Waals surface area contributed by atoms with Crippen LogP contribution in [0.4, 0.5) is 0 Å². The van der Waals surface area contributed by atoms with E-state index in [2.05, 4.69) is 52.0 Å². The number of hydrogen-bond donors (Lipinski definition) is 1. The van der Waals surface area contributed by atoms with E-state index in [1.807, 2.05) is 0 Å². The zero-order chi connectivity index (χ0) is 11.6. The lowest BCUT2D eigenvalue weighted by Gasteiger charge is -2.22. The third-order valence-electron chi connectivity index (χ3n) is 3.42. The standard InChI is InChI=1S/C13H19BrN2/c1-13(9-15)5-6-16(10-13)8-11-3-2-4-12(14)7-11/h2-4,7H,5-6,8-10,15H2,1H3. The van der Waals surface area contributed by atoms with Gasteiger partial charge in [0.2, 0.25) is 0 Å². The molecule has 88 valence electrons. The van der Waals surface area contributed by atoms with Crippen molar-refractivity contribution in [1.82, 2.24) is 4.90 Å². The highest BCUT2D eigenvalue weighted by atomic mass is 79.9. The van der Waals surface area contributed by atoms with E-state index < -0.39 is 0 Å². The van der Waals surface area contributed by atoms with Gasteiger partial charge in [-0.3, -0.25) is 4.90 Å². The molecule has 1 aromatic carbocycles. The van der Waals surface area contributed by atoms with Gasteiger partial charge in [-0.15, -0.1) is 0 Å². The van der Waals surface area contributed by atoms with Crippen LogP contribution < -0.4 is 5.73 Å². The summed E-state index contributed by atoms with van der Waals surface area (Å²) in [6.07, 6.45) is 1.22. The predicted octanol–water partition coefficient (Wildman–Crippen LogP) is 2.62. The van der Waals surface area contributed by atoms with Gasteiger partial charge in [0.15, 0.2) is 0 Å². The summed E-state index contributed by atoms with van der Waals surface area (Å²) in [5.41, 5.74) is 7.51. The Morgan fingerprint density at radius 1 is 1.50 bits per heavy atom. The first-order valence-electron chi connectivity index (χ1n) is 5.78. The lowest BCUT2D eigenvalue weighted by molar-refractivity contribution is 0.274. The molecule has 16 heavy (non-hydrogen) atoms. The monoisotopic (exact) mass is 282 g/mol. The fourth-order valence-corrected chi connectivity index (χ4v) is 2.77. The van der Waals surface area contributed by atoms with E-state index in [1.165, 1.54) is 18.5 Å². The van der Waals surface area contributed by atoms with Crippen LogP contribution in [0.3, 0.4) is 0 Å². The van der Waals surface area contributed by atoms with E-state index in [1.54, 1.807) is 0 Å². The van der Waals surface area contributed by atoms with Crippen molar-refractivity contribution in [3.05, 3.63) is 34.3 Å². The van der Waals surface area contributed by atoms with Crippen LogP contribution in [-0.2, 0) is 6.54 Å². The number of halogens is 1. The molecule has 1 atom stereocenters. The number of hydrogen-bond acceptors (Lipinski definition) is 2. The Balaban J connectivity index is 1.97. The lowest BCUT2D eigenvalue weighted by Crippen LogP contribution is -2.31. The van der Waals surface area contributed by atoms with Crippen molar-refractivity contribution in [3.8, 4) is 0 Å². The minimum Gasteiger partial charge on any atom is -0.330 e. The Labute approximate surface area is 106 Å². The fraction of sp³-hybridized carbons (Fsp3) is 0.538. The molecule has 1 fully saturated rings. The maximum absolute atomic E-state index is 5.81. The molecule has 1 aliphatic heterocycles. The Kier molecular flexibility index (Phi) is 3.67. The highest BCUT2D eigenvalue weighted by Gasteiger charge is 2.32. The number of benzene rings is 1. The third kappa shape index (κ3) is 2.84. The molecule has 0 saturated carbocycles. The van der Waals surface area contributed by atoms with Crippen molar-refractivity contribution < 1.29 is 0 Å². The molecule has 2 N–H and O–H groups in total. The fourth-order valence-electron chi connectivity index (χ4n) is 2.32. The number of nitrogens with two attached hydrogens (primary N) is 1. The second-order valence-electron chi connectivity index (χ2n) is 5.11. The zero-order valence-corrected chi connectivity index (χ0v) is 11.3. The topological polar surface area (TPSA) is 29.3 Å². The largest absolute Gasteiger partial charge is 0.330 e. The van der Waals surface area contributed by atoms with Gasteiger partial charge in [-0.2, -0.15) is 0 Å². The maximum Gasteiger partial charge on any atom is 0.0234 e. The molecule has 0 radical (unpaired) electrons. The van der Waals surface area contributed by atoms with Crippen molar-refractivity contribution in [2.75, 3.05) is 19.6 Å². The van der Waals surface area contributed by atoms with Crippen LogP contribution in [0.1, 0.15) is 18.9 Å². The van der Waals surface area contributed by atoms with Crippen molar-refractivity contribution in [1.29, 1.82) is 0 Å². The molecule has 2 rings (SSSR count). The van der Waals surface area contributed by atoms with Gasteiger partial charge in [0.25, 0.3) is 0 Å². The second-order valence-corrected chi connectivity index (χ2v) is 6.02. The first-order chi connectivity index (χ1) is 7.61. The highest BCUT2D eigenvalue weighted by Crippen LogP contribution is 2.29. The van der Waals surface area contributed by atoms with E-state index in [-0.39, 0.29) is 0 Å². The molecule has 0 spiro atoms. The quantitative estimate of drug-likeness (QED) is 0.924. The molecular weight excluding hydrogens is 264 g/mol. The molecule has 0 aromatic heterocycles. The van der Waals surface area contributed by atoms with Crippen molar-refractivity contribution in [2.24, 2.45) is 11.1 Å². The summed E-state index contributed by atoms with van der Waals surface area (Å²) in [6.45, 7) is 6.40. The van der Waals surface area contributed by atoms with Crippen LogP contribution in [0.2, 0.25) is 0 Å². The third-order valence-corrected chi connectivity index (χ3v) is 3.92. The average molecular weight is 283 g/mol. The molecule has 3 heteroatoms. The van der Waals surface area contributed by atoms with Crippen LogP contribution in [0, 0.1) is 5.41 Å². The molecule has 1 unspecified atom stereocenters. The molecule has 1 heterocycles. The average Bonchev–Trinajstić information content (AvgIpc) is 2.61. The van der Waals surface area contributed by atoms with E-state index in [4.69, 9.17) is 5.73 Å². The first kappa shape index (κ1) is 12.1. The van der Waals surface area contributed by atoms with Gasteiger partial charge in [-0.25, -0.2) is 0 Å². The zero-order valence-electron chi connectivity index (χ0n) is 9.75. The maximum atomic E-state index is 5.81. The van der Waals surface area contributed by atoms with Gasteiger partial charge in [0.1, 0.15) is 0 Å².